The average molecular weight is 335 g/mol. The summed E-state index contributed by atoms with van der Waals surface area (Å²) >= 11 is 0. The highest BCUT2D eigenvalue weighted by Crippen LogP contribution is 2.12. The third-order valence-corrected chi connectivity index (χ3v) is 3.64. The van der Waals surface area contributed by atoms with Crippen molar-refractivity contribution < 1.29 is 9.53 Å². The molecule has 1 aromatic carbocycles. The smallest absolute Gasteiger partial charge is 0.237 e. The average Bonchev–Trinajstić information content (AvgIpc) is 2.54. The van der Waals surface area contributed by atoms with Crippen LogP contribution in [0.5, 0.6) is 5.75 Å². The molecule has 1 amide bonds. The van der Waals surface area contributed by atoms with Gasteiger partial charge in [-0.05, 0) is 50.3 Å². The van der Waals surface area contributed by atoms with Gasteiger partial charge in [-0.25, -0.2) is 0 Å². The van der Waals surface area contributed by atoms with Gasteiger partial charge in [-0.3, -0.25) is 9.79 Å². The second-order valence-electron chi connectivity index (χ2n) is 5.87. The van der Waals surface area contributed by atoms with Crippen LogP contribution >= 0.6 is 0 Å². The van der Waals surface area contributed by atoms with E-state index in [1.54, 1.807) is 7.11 Å². The van der Waals surface area contributed by atoms with E-state index in [0.29, 0.717) is 13.0 Å². The van der Waals surface area contributed by atoms with E-state index >= 15 is 0 Å². The Labute approximate surface area is 143 Å². The van der Waals surface area contributed by atoms with Crippen molar-refractivity contribution in [2.45, 2.75) is 44.7 Å². The van der Waals surface area contributed by atoms with Crippen molar-refractivity contribution in [2.24, 2.45) is 22.2 Å². The molecule has 0 aliphatic heterocycles. The van der Waals surface area contributed by atoms with Gasteiger partial charge in [0, 0.05) is 12.6 Å². The number of nitrogens with one attached hydrogen (secondary N) is 1. The molecular formula is C17H29N5O2. The second kappa shape index (κ2) is 10.5. The molecule has 0 fully saturated rings. The summed E-state index contributed by atoms with van der Waals surface area (Å²) in [5.74, 6) is 0.778. The van der Waals surface area contributed by atoms with Crippen LogP contribution in [0.2, 0.25) is 0 Å². The Balaban J connectivity index is 2.30. The van der Waals surface area contributed by atoms with Crippen LogP contribution in [0.25, 0.3) is 0 Å². The number of carbonyl (C=O) groups is 1. The fourth-order valence-electron chi connectivity index (χ4n) is 2.33. The van der Waals surface area contributed by atoms with Crippen molar-refractivity contribution in [2.75, 3.05) is 13.7 Å². The lowest BCUT2D eigenvalue weighted by Gasteiger charge is -2.17. The van der Waals surface area contributed by atoms with Crippen molar-refractivity contribution >= 4 is 11.9 Å². The number of nitrogens with two attached hydrogens (primary N) is 3. The summed E-state index contributed by atoms with van der Waals surface area (Å²) in [6, 6.07) is 7.30. The predicted octanol–water partition coefficient (Wildman–Crippen LogP) is 0.513. The number of benzene rings is 1. The van der Waals surface area contributed by atoms with Crippen molar-refractivity contribution in [1.29, 1.82) is 0 Å². The lowest BCUT2D eigenvalue weighted by Crippen LogP contribution is -2.45. The molecule has 0 aliphatic carbocycles. The molecule has 1 rings (SSSR count). The molecule has 1 aromatic rings. The summed E-state index contributed by atoms with van der Waals surface area (Å²) in [6.07, 6.45) is 2.96. The van der Waals surface area contributed by atoms with E-state index < -0.39 is 6.04 Å². The van der Waals surface area contributed by atoms with E-state index in [9.17, 15) is 4.79 Å². The number of carbonyl (C=O) groups excluding carboxylic acids is 1. The van der Waals surface area contributed by atoms with Crippen molar-refractivity contribution in [3.63, 3.8) is 0 Å². The molecule has 0 saturated heterocycles. The van der Waals surface area contributed by atoms with Crippen LogP contribution in [0, 0.1) is 0 Å². The van der Waals surface area contributed by atoms with Crippen molar-refractivity contribution in [3.8, 4) is 5.75 Å². The summed E-state index contributed by atoms with van der Waals surface area (Å²) in [4.78, 5) is 16.0. The standard InChI is InChI=1S/C17H29N5O2/c1-12(11-13-6-8-14(24-2)9-7-13)22-16(23)15(18)5-3-4-10-21-17(19)20/h6-9,12,15H,3-5,10-11,18H2,1-2H3,(H,22,23)(H4,19,20,21). The maximum absolute atomic E-state index is 12.1. The number of amides is 1. The fourth-order valence-corrected chi connectivity index (χ4v) is 2.33. The minimum atomic E-state index is -0.512. The molecule has 24 heavy (non-hydrogen) atoms. The fraction of sp³-hybridized carbons (Fsp3) is 0.529. The molecule has 0 aliphatic rings. The first-order chi connectivity index (χ1) is 11.4. The number of ether oxygens (including phenoxy) is 1. The minimum Gasteiger partial charge on any atom is -0.497 e. The lowest BCUT2D eigenvalue weighted by atomic mass is 10.1. The molecule has 2 atom stereocenters. The Bertz CT molecular complexity index is 526. The van der Waals surface area contributed by atoms with Crippen LogP contribution in [0.1, 0.15) is 31.7 Å². The molecule has 0 heterocycles. The third-order valence-electron chi connectivity index (χ3n) is 3.64. The highest BCUT2D eigenvalue weighted by molar-refractivity contribution is 5.81. The van der Waals surface area contributed by atoms with Gasteiger partial charge in [0.2, 0.25) is 5.91 Å². The van der Waals surface area contributed by atoms with Crippen LogP contribution in [-0.2, 0) is 11.2 Å². The molecular weight excluding hydrogens is 306 g/mol. The number of rotatable bonds is 10. The molecule has 0 saturated carbocycles. The second-order valence-corrected chi connectivity index (χ2v) is 5.87. The third kappa shape index (κ3) is 7.82. The van der Waals surface area contributed by atoms with Crippen LogP contribution in [-0.4, -0.2) is 37.6 Å². The SMILES string of the molecule is COc1ccc(CC(C)NC(=O)C(N)CCCCN=C(N)N)cc1. The lowest BCUT2D eigenvalue weighted by molar-refractivity contribution is -0.123. The normalized spacial score (nSPS) is 13.0. The van der Waals surface area contributed by atoms with E-state index in [2.05, 4.69) is 10.3 Å². The number of aliphatic imine (C=N–C) groups is 1. The van der Waals surface area contributed by atoms with Gasteiger partial charge in [0.25, 0.3) is 0 Å². The minimum absolute atomic E-state index is 0.0126. The summed E-state index contributed by atoms with van der Waals surface area (Å²) in [7, 11) is 1.64. The first-order valence-electron chi connectivity index (χ1n) is 8.16. The van der Waals surface area contributed by atoms with Crippen LogP contribution in [0.3, 0.4) is 0 Å². The monoisotopic (exact) mass is 335 g/mol. The summed E-state index contributed by atoms with van der Waals surface area (Å²) in [6.45, 7) is 2.53. The quantitative estimate of drug-likeness (QED) is 0.281. The Morgan fingerprint density at radius 2 is 1.92 bits per heavy atom. The van der Waals surface area contributed by atoms with Crippen LogP contribution in [0.4, 0.5) is 0 Å². The first-order valence-corrected chi connectivity index (χ1v) is 8.16. The number of hydrogen-bond donors (Lipinski definition) is 4. The van der Waals surface area contributed by atoms with E-state index in [1.807, 2.05) is 31.2 Å². The molecule has 7 N–H and O–H groups in total. The number of methoxy groups -OCH3 is 1. The molecule has 2 unspecified atom stereocenters. The molecule has 7 heteroatoms. The van der Waals surface area contributed by atoms with Crippen molar-refractivity contribution in [3.05, 3.63) is 29.8 Å². The van der Waals surface area contributed by atoms with Gasteiger partial charge < -0.3 is 27.3 Å². The number of nitrogens with zero attached hydrogens (tertiary/aromatic N) is 1. The van der Waals surface area contributed by atoms with Crippen molar-refractivity contribution in [1.82, 2.24) is 5.32 Å². The van der Waals surface area contributed by atoms with Gasteiger partial charge in [0.05, 0.1) is 13.2 Å². The van der Waals surface area contributed by atoms with Gasteiger partial charge in [0.1, 0.15) is 5.75 Å². The van der Waals surface area contributed by atoms with E-state index in [4.69, 9.17) is 21.9 Å². The van der Waals surface area contributed by atoms with Crippen LogP contribution in [0.15, 0.2) is 29.3 Å². The Morgan fingerprint density at radius 3 is 2.50 bits per heavy atom. The Kier molecular flexibility index (Phi) is 8.64. The molecule has 0 radical (unpaired) electrons. The largest absolute Gasteiger partial charge is 0.497 e. The van der Waals surface area contributed by atoms with E-state index in [1.165, 1.54) is 0 Å². The molecule has 7 nitrogen and oxygen atoms in total. The van der Waals surface area contributed by atoms with E-state index in [-0.39, 0.29) is 17.9 Å². The Morgan fingerprint density at radius 1 is 1.25 bits per heavy atom. The van der Waals surface area contributed by atoms with Gasteiger partial charge >= 0.3 is 0 Å². The zero-order chi connectivity index (χ0) is 17.9. The molecule has 0 aromatic heterocycles. The number of unbranched alkanes of at least 4 members (excludes halogenated alkanes) is 1. The molecule has 0 spiro atoms. The van der Waals surface area contributed by atoms with Gasteiger partial charge in [-0.15, -0.1) is 0 Å². The highest BCUT2D eigenvalue weighted by Gasteiger charge is 2.15. The van der Waals surface area contributed by atoms with Crippen LogP contribution < -0.4 is 27.3 Å². The van der Waals surface area contributed by atoms with Gasteiger partial charge in [0.15, 0.2) is 5.96 Å². The highest BCUT2D eigenvalue weighted by atomic mass is 16.5. The predicted molar refractivity (Wildman–Crippen MR) is 96.8 cm³/mol. The van der Waals surface area contributed by atoms with Gasteiger partial charge in [-0.2, -0.15) is 0 Å². The van der Waals surface area contributed by atoms with Gasteiger partial charge in [-0.1, -0.05) is 12.1 Å². The maximum atomic E-state index is 12.1. The number of hydrogen-bond acceptors (Lipinski definition) is 4. The molecule has 134 valence electrons. The maximum Gasteiger partial charge on any atom is 0.237 e. The summed E-state index contributed by atoms with van der Waals surface area (Å²) < 4.78 is 5.13. The molecule has 0 bridgehead atoms. The number of guanidine groups is 1. The zero-order valence-electron chi connectivity index (χ0n) is 14.5. The summed E-state index contributed by atoms with van der Waals surface area (Å²) in [5, 5.41) is 2.95. The Hall–Kier alpha value is -2.28. The first kappa shape index (κ1) is 19.8. The van der Waals surface area contributed by atoms with E-state index in [0.717, 1.165) is 30.6 Å². The topological polar surface area (TPSA) is 129 Å². The zero-order valence-corrected chi connectivity index (χ0v) is 14.5. The summed E-state index contributed by atoms with van der Waals surface area (Å²) in [5.41, 5.74) is 17.6.